The van der Waals surface area contributed by atoms with Crippen molar-refractivity contribution in [1.29, 1.82) is 0 Å². The maximum Gasteiger partial charge on any atom is 0.337 e. The summed E-state index contributed by atoms with van der Waals surface area (Å²) in [7, 11) is 2.45. The van der Waals surface area contributed by atoms with Crippen molar-refractivity contribution < 1.29 is 28.7 Å². The van der Waals surface area contributed by atoms with Gasteiger partial charge in [-0.05, 0) is 42.2 Å². The summed E-state index contributed by atoms with van der Waals surface area (Å²) in [6.45, 7) is 4.29. The van der Waals surface area contributed by atoms with Gasteiger partial charge in [0.15, 0.2) is 0 Å². The first kappa shape index (κ1) is 23.0. The first-order valence-corrected chi connectivity index (χ1v) is 10.3. The van der Waals surface area contributed by atoms with Crippen molar-refractivity contribution in [3.8, 4) is 0 Å². The van der Waals surface area contributed by atoms with Gasteiger partial charge in [-0.25, -0.2) is 9.59 Å². The van der Waals surface area contributed by atoms with Gasteiger partial charge in [0.25, 0.3) is 5.91 Å². The van der Waals surface area contributed by atoms with Crippen molar-refractivity contribution in [3.05, 3.63) is 64.7 Å². The van der Waals surface area contributed by atoms with E-state index < -0.39 is 23.9 Å². The molecule has 0 unspecified atom stereocenters. The van der Waals surface area contributed by atoms with Crippen LogP contribution in [0.5, 0.6) is 0 Å². The summed E-state index contributed by atoms with van der Waals surface area (Å²) in [5.41, 5.74) is 1.89. The van der Waals surface area contributed by atoms with E-state index in [4.69, 9.17) is 9.47 Å². The van der Waals surface area contributed by atoms with E-state index in [1.165, 1.54) is 32.4 Å². The molecule has 3 rings (SSSR count). The number of amides is 2. The van der Waals surface area contributed by atoms with E-state index in [0.717, 1.165) is 5.56 Å². The average Bonchev–Trinajstić information content (AvgIpc) is 3.12. The lowest BCUT2D eigenvalue weighted by Gasteiger charge is -2.28. The number of nitrogens with one attached hydrogen (secondary N) is 1. The van der Waals surface area contributed by atoms with Gasteiger partial charge in [-0.3, -0.25) is 9.59 Å². The Labute approximate surface area is 186 Å². The maximum atomic E-state index is 13.3. The third kappa shape index (κ3) is 4.80. The van der Waals surface area contributed by atoms with Crippen molar-refractivity contribution in [1.82, 2.24) is 4.90 Å². The van der Waals surface area contributed by atoms with Crippen LogP contribution in [0, 0.1) is 5.92 Å². The van der Waals surface area contributed by atoms with Crippen LogP contribution in [-0.2, 0) is 20.8 Å². The van der Waals surface area contributed by atoms with Crippen LogP contribution in [0.15, 0.2) is 42.5 Å². The number of hydrogen-bond donors (Lipinski definition) is 1. The van der Waals surface area contributed by atoms with Crippen LogP contribution in [0.4, 0.5) is 5.69 Å². The Hall–Kier alpha value is -3.68. The van der Waals surface area contributed by atoms with Crippen molar-refractivity contribution in [3.63, 3.8) is 0 Å². The van der Waals surface area contributed by atoms with Crippen molar-refractivity contribution in [2.75, 3.05) is 19.5 Å². The number of ether oxygens (including phenoxy) is 2. The number of nitrogens with zero attached hydrogens (tertiary/aromatic N) is 1. The molecular weight excluding hydrogens is 412 g/mol. The monoisotopic (exact) mass is 438 g/mol. The van der Waals surface area contributed by atoms with Gasteiger partial charge in [-0.1, -0.05) is 32.0 Å². The van der Waals surface area contributed by atoms with Crippen LogP contribution in [0.1, 0.15) is 56.9 Å². The van der Waals surface area contributed by atoms with Gasteiger partial charge in [0.1, 0.15) is 6.04 Å². The number of hydrogen-bond acceptors (Lipinski definition) is 6. The van der Waals surface area contributed by atoms with E-state index in [1.807, 2.05) is 26.0 Å². The Kier molecular flexibility index (Phi) is 6.92. The average molecular weight is 438 g/mol. The molecule has 2 aromatic carbocycles. The maximum absolute atomic E-state index is 13.3. The lowest BCUT2D eigenvalue weighted by Crippen LogP contribution is -2.45. The van der Waals surface area contributed by atoms with Crippen molar-refractivity contribution in [2.24, 2.45) is 5.92 Å². The second-order valence-corrected chi connectivity index (χ2v) is 8.01. The normalized spacial score (nSPS) is 13.5. The summed E-state index contributed by atoms with van der Waals surface area (Å²) in [5, 5.41) is 2.76. The van der Waals surface area contributed by atoms with Crippen LogP contribution in [0.25, 0.3) is 0 Å². The molecule has 1 heterocycles. The summed E-state index contributed by atoms with van der Waals surface area (Å²) in [4.78, 5) is 51.9. The first-order chi connectivity index (χ1) is 15.2. The first-order valence-electron chi connectivity index (χ1n) is 10.3. The Morgan fingerprint density at radius 1 is 1.00 bits per heavy atom. The van der Waals surface area contributed by atoms with Crippen molar-refractivity contribution >= 4 is 29.4 Å². The molecule has 0 fully saturated rings. The van der Waals surface area contributed by atoms with Gasteiger partial charge >= 0.3 is 11.9 Å². The van der Waals surface area contributed by atoms with E-state index in [0.29, 0.717) is 18.5 Å². The molecule has 1 aliphatic heterocycles. The van der Waals surface area contributed by atoms with Gasteiger partial charge in [-0.2, -0.15) is 0 Å². The molecule has 1 atom stereocenters. The fourth-order valence-electron chi connectivity index (χ4n) is 3.75. The molecular formula is C24H26N2O6. The van der Waals surface area contributed by atoms with E-state index >= 15 is 0 Å². The predicted molar refractivity (Wildman–Crippen MR) is 117 cm³/mol. The molecule has 0 spiro atoms. The molecule has 1 N–H and O–H groups in total. The molecule has 0 saturated heterocycles. The molecule has 8 heteroatoms. The topological polar surface area (TPSA) is 102 Å². The highest BCUT2D eigenvalue weighted by atomic mass is 16.5. The molecule has 0 saturated carbocycles. The van der Waals surface area contributed by atoms with E-state index in [-0.39, 0.29) is 28.6 Å². The molecule has 168 valence electrons. The largest absolute Gasteiger partial charge is 0.465 e. The highest BCUT2D eigenvalue weighted by Crippen LogP contribution is 2.28. The van der Waals surface area contributed by atoms with E-state index in [9.17, 15) is 19.2 Å². The number of carbonyl (C=O) groups excluding carboxylic acids is 4. The Bertz CT molecular complexity index is 1030. The minimum Gasteiger partial charge on any atom is -0.465 e. The summed E-state index contributed by atoms with van der Waals surface area (Å²) < 4.78 is 9.48. The summed E-state index contributed by atoms with van der Waals surface area (Å²) in [6.07, 6.45) is 0.451. The number of methoxy groups -OCH3 is 2. The minimum atomic E-state index is -0.724. The van der Waals surface area contributed by atoms with Crippen LogP contribution < -0.4 is 5.32 Å². The second kappa shape index (κ2) is 9.64. The van der Waals surface area contributed by atoms with Gasteiger partial charge in [0.2, 0.25) is 5.91 Å². The van der Waals surface area contributed by atoms with E-state index in [2.05, 4.69) is 5.32 Å². The van der Waals surface area contributed by atoms with Crippen LogP contribution >= 0.6 is 0 Å². The SMILES string of the molecule is COC(=O)c1cc(NC(=O)[C@H](CC(C)C)N2Cc3ccccc3C2=O)cc(C(=O)OC)c1. The van der Waals surface area contributed by atoms with Gasteiger partial charge in [-0.15, -0.1) is 0 Å². The Morgan fingerprint density at radius 3 is 2.12 bits per heavy atom. The number of esters is 2. The molecule has 0 bridgehead atoms. The third-order valence-corrected chi connectivity index (χ3v) is 5.27. The van der Waals surface area contributed by atoms with Crippen LogP contribution in [-0.4, -0.2) is 48.9 Å². The summed E-state index contributed by atoms with van der Waals surface area (Å²) in [6, 6.07) is 10.7. The molecule has 0 radical (unpaired) electrons. The highest BCUT2D eigenvalue weighted by Gasteiger charge is 2.36. The Morgan fingerprint density at radius 2 is 1.59 bits per heavy atom. The van der Waals surface area contributed by atoms with Crippen LogP contribution in [0.3, 0.4) is 0 Å². The lowest BCUT2D eigenvalue weighted by atomic mass is 10.0. The highest BCUT2D eigenvalue weighted by molar-refractivity contribution is 6.04. The molecule has 0 aromatic heterocycles. The quantitative estimate of drug-likeness (QED) is 0.666. The fourth-order valence-corrected chi connectivity index (χ4v) is 3.75. The standard InChI is InChI=1S/C24H26N2O6/c1-14(2)9-20(26-13-15-7-5-6-8-19(15)22(26)28)21(27)25-18-11-16(23(29)31-3)10-17(12-18)24(30)32-4/h5-8,10-12,14,20H,9,13H2,1-4H3,(H,25,27)/t20-/m0/s1. The second-order valence-electron chi connectivity index (χ2n) is 8.01. The van der Waals surface area contributed by atoms with Crippen LogP contribution in [0.2, 0.25) is 0 Å². The number of anilines is 1. The molecule has 1 aliphatic rings. The zero-order valence-corrected chi connectivity index (χ0v) is 18.5. The van der Waals surface area contributed by atoms with E-state index in [1.54, 1.807) is 17.0 Å². The minimum absolute atomic E-state index is 0.0933. The number of carbonyl (C=O) groups is 4. The molecule has 0 aliphatic carbocycles. The summed E-state index contributed by atoms with van der Waals surface area (Å²) >= 11 is 0. The van der Waals surface area contributed by atoms with Gasteiger partial charge < -0.3 is 19.7 Å². The number of rotatable bonds is 7. The molecule has 2 aromatic rings. The number of fused-ring (bicyclic) bond motifs is 1. The zero-order chi connectivity index (χ0) is 23.4. The third-order valence-electron chi connectivity index (χ3n) is 5.27. The van der Waals surface area contributed by atoms with Gasteiger partial charge in [0, 0.05) is 17.8 Å². The fraction of sp³-hybridized carbons (Fsp3) is 0.333. The summed E-state index contributed by atoms with van der Waals surface area (Å²) in [5.74, 6) is -1.77. The van der Waals surface area contributed by atoms with Gasteiger partial charge in [0.05, 0.1) is 25.3 Å². The smallest absolute Gasteiger partial charge is 0.337 e. The predicted octanol–water partition coefficient (Wildman–Crippen LogP) is 3.27. The molecule has 8 nitrogen and oxygen atoms in total. The lowest BCUT2D eigenvalue weighted by molar-refractivity contribution is -0.121. The zero-order valence-electron chi connectivity index (χ0n) is 18.5. The van der Waals surface area contributed by atoms with Crippen molar-refractivity contribution in [2.45, 2.75) is 32.9 Å². The number of benzene rings is 2. The Balaban J connectivity index is 1.91. The molecule has 32 heavy (non-hydrogen) atoms. The molecule has 2 amide bonds.